The van der Waals surface area contributed by atoms with E-state index in [9.17, 15) is 10.4 Å². The van der Waals surface area contributed by atoms with Crippen LogP contribution in [0.4, 0.5) is 5.82 Å². The van der Waals surface area contributed by atoms with Gasteiger partial charge in [0.05, 0.1) is 17.1 Å². The number of fused-ring (bicyclic) bond motifs is 2. The Kier molecular flexibility index (Phi) is 4.49. The molecule has 0 bridgehead atoms. The highest BCUT2D eigenvalue weighted by Crippen LogP contribution is 2.31. The summed E-state index contributed by atoms with van der Waals surface area (Å²) >= 11 is 0. The van der Waals surface area contributed by atoms with E-state index in [0.29, 0.717) is 29.4 Å². The molecule has 0 unspecified atom stereocenters. The normalized spacial score (nSPS) is 11.0. The summed E-state index contributed by atoms with van der Waals surface area (Å²) in [7, 11) is 0. The molecule has 0 fully saturated rings. The molecule has 0 saturated heterocycles. The molecule has 2 aromatic heterocycles. The van der Waals surface area contributed by atoms with Crippen LogP contribution in [0.15, 0.2) is 72.8 Å². The second-order valence-corrected chi connectivity index (χ2v) is 7.36. The second kappa shape index (κ2) is 7.47. The van der Waals surface area contributed by atoms with Crippen molar-refractivity contribution in [1.82, 2.24) is 14.5 Å². The van der Waals surface area contributed by atoms with E-state index in [1.807, 2.05) is 66.1 Å². The third kappa shape index (κ3) is 3.22. The predicted octanol–water partition coefficient (Wildman–Crippen LogP) is 5.07. The van der Waals surface area contributed by atoms with Crippen LogP contribution in [-0.4, -0.2) is 19.6 Å². The van der Waals surface area contributed by atoms with Gasteiger partial charge in [0.1, 0.15) is 17.1 Å². The highest BCUT2D eigenvalue weighted by atomic mass is 16.3. The van der Waals surface area contributed by atoms with Crippen LogP contribution < -0.4 is 5.32 Å². The molecule has 0 amide bonds. The fourth-order valence-corrected chi connectivity index (χ4v) is 3.87. The monoisotopic (exact) mass is 405 g/mol. The predicted molar refractivity (Wildman–Crippen MR) is 121 cm³/mol. The van der Waals surface area contributed by atoms with Crippen molar-refractivity contribution in [3.8, 4) is 17.8 Å². The van der Waals surface area contributed by atoms with Crippen LogP contribution in [0.2, 0.25) is 0 Å². The van der Waals surface area contributed by atoms with E-state index in [-0.39, 0.29) is 5.75 Å². The number of anilines is 1. The van der Waals surface area contributed by atoms with Gasteiger partial charge in [0.2, 0.25) is 5.95 Å². The summed E-state index contributed by atoms with van der Waals surface area (Å²) in [5.41, 5.74) is 3.95. The molecule has 6 heteroatoms. The molecule has 0 aliphatic heterocycles. The zero-order valence-corrected chi connectivity index (χ0v) is 16.9. The number of phenols is 1. The zero-order valence-electron chi connectivity index (χ0n) is 16.9. The third-order valence-electron chi connectivity index (χ3n) is 5.35. The summed E-state index contributed by atoms with van der Waals surface area (Å²) in [6.45, 7) is 2.54. The maximum atomic E-state index is 10.5. The fourth-order valence-electron chi connectivity index (χ4n) is 3.87. The van der Waals surface area contributed by atoms with Gasteiger partial charge in [-0.05, 0) is 42.8 Å². The molecule has 2 heterocycles. The van der Waals surface area contributed by atoms with Gasteiger partial charge in [-0.25, -0.2) is 4.98 Å². The lowest BCUT2D eigenvalue weighted by atomic mass is 10.1. The van der Waals surface area contributed by atoms with Crippen molar-refractivity contribution in [3.63, 3.8) is 0 Å². The SMILES string of the molecule is Cc1cc2c(C#N)cccc2n1-c1nc(NCc2ccccc2)c2cccc(O)c2n1. The molecule has 2 N–H and O–H groups in total. The first kappa shape index (κ1) is 18.6. The average molecular weight is 405 g/mol. The number of aromatic hydroxyl groups is 1. The molecular weight excluding hydrogens is 386 g/mol. The van der Waals surface area contributed by atoms with Crippen LogP contribution in [-0.2, 0) is 6.54 Å². The number of hydrogen-bond acceptors (Lipinski definition) is 5. The zero-order chi connectivity index (χ0) is 21.4. The fraction of sp³-hybridized carbons (Fsp3) is 0.0800. The number of phenolic OH excluding ortho intramolecular Hbond substituents is 1. The largest absolute Gasteiger partial charge is 0.506 e. The topological polar surface area (TPSA) is 86.8 Å². The number of aryl methyl sites for hydroxylation is 1. The number of nitrogens with one attached hydrogen (secondary N) is 1. The van der Waals surface area contributed by atoms with Gasteiger partial charge in [0.15, 0.2) is 0 Å². The first-order valence-corrected chi connectivity index (χ1v) is 9.95. The van der Waals surface area contributed by atoms with Crippen LogP contribution >= 0.6 is 0 Å². The molecular formula is C25H19N5O. The minimum atomic E-state index is 0.0933. The van der Waals surface area contributed by atoms with Crippen LogP contribution in [0.5, 0.6) is 5.75 Å². The lowest BCUT2D eigenvalue weighted by Crippen LogP contribution is -2.08. The summed E-state index contributed by atoms with van der Waals surface area (Å²) < 4.78 is 1.91. The summed E-state index contributed by atoms with van der Waals surface area (Å²) in [4.78, 5) is 9.49. The molecule has 31 heavy (non-hydrogen) atoms. The molecule has 0 aliphatic carbocycles. The highest BCUT2D eigenvalue weighted by molar-refractivity contribution is 5.94. The van der Waals surface area contributed by atoms with E-state index >= 15 is 0 Å². The summed E-state index contributed by atoms with van der Waals surface area (Å²) in [5.74, 6) is 1.17. The Bertz CT molecular complexity index is 1460. The van der Waals surface area contributed by atoms with E-state index in [4.69, 9.17) is 4.98 Å². The van der Waals surface area contributed by atoms with Crippen LogP contribution in [0.1, 0.15) is 16.8 Å². The number of para-hydroxylation sites is 1. The summed E-state index contributed by atoms with van der Waals surface area (Å²) in [5, 5.41) is 25.0. The van der Waals surface area contributed by atoms with Crippen LogP contribution in [0, 0.1) is 18.3 Å². The Labute approximate surface area is 179 Å². The van der Waals surface area contributed by atoms with Crippen molar-refractivity contribution in [2.75, 3.05) is 5.32 Å². The van der Waals surface area contributed by atoms with Gasteiger partial charge < -0.3 is 10.4 Å². The number of hydrogen-bond donors (Lipinski definition) is 2. The van der Waals surface area contributed by atoms with E-state index in [2.05, 4.69) is 16.4 Å². The first-order valence-electron chi connectivity index (χ1n) is 9.95. The summed E-state index contributed by atoms with van der Waals surface area (Å²) in [6, 6.07) is 25.1. The molecule has 5 rings (SSSR count). The first-order chi connectivity index (χ1) is 15.2. The Hall–Kier alpha value is -4.37. The molecule has 150 valence electrons. The van der Waals surface area contributed by atoms with E-state index < -0.39 is 0 Å². The van der Waals surface area contributed by atoms with Gasteiger partial charge in [-0.3, -0.25) is 4.57 Å². The second-order valence-electron chi connectivity index (χ2n) is 7.36. The van der Waals surface area contributed by atoms with Gasteiger partial charge in [-0.1, -0.05) is 42.5 Å². The van der Waals surface area contributed by atoms with Crippen LogP contribution in [0.3, 0.4) is 0 Å². The van der Waals surface area contributed by atoms with E-state index in [1.165, 1.54) is 0 Å². The lowest BCUT2D eigenvalue weighted by Gasteiger charge is -2.14. The van der Waals surface area contributed by atoms with Crippen molar-refractivity contribution in [3.05, 3.63) is 89.6 Å². The molecule has 3 aromatic carbocycles. The standard InChI is InChI=1S/C25H19N5O/c1-16-13-20-18(14-26)9-5-11-21(20)30(16)25-28-23-19(10-6-12-22(23)31)24(29-25)27-15-17-7-3-2-4-8-17/h2-13,31H,15H2,1H3,(H,27,28,29). The average Bonchev–Trinajstić information content (AvgIpc) is 3.14. The number of nitriles is 1. The van der Waals surface area contributed by atoms with Gasteiger partial charge in [-0.15, -0.1) is 0 Å². The summed E-state index contributed by atoms with van der Waals surface area (Å²) in [6.07, 6.45) is 0. The highest BCUT2D eigenvalue weighted by Gasteiger charge is 2.16. The maximum absolute atomic E-state index is 10.5. The molecule has 0 spiro atoms. The van der Waals surface area contributed by atoms with Gasteiger partial charge in [0.25, 0.3) is 0 Å². The van der Waals surface area contributed by atoms with Crippen molar-refractivity contribution in [2.24, 2.45) is 0 Å². The van der Waals surface area contributed by atoms with Crippen molar-refractivity contribution < 1.29 is 5.11 Å². The quantitative estimate of drug-likeness (QED) is 0.436. The molecule has 5 aromatic rings. The van der Waals surface area contributed by atoms with Crippen molar-refractivity contribution >= 4 is 27.6 Å². The number of aromatic nitrogens is 3. The molecule has 0 aliphatic rings. The van der Waals surface area contributed by atoms with Gasteiger partial charge >= 0.3 is 0 Å². The Morgan fingerprint density at radius 1 is 0.968 bits per heavy atom. The van der Waals surface area contributed by atoms with Gasteiger partial charge in [-0.2, -0.15) is 10.2 Å². The van der Waals surface area contributed by atoms with E-state index in [0.717, 1.165) is 27.5 Å². The number of nitrogens with zero attached hydrogens (tertiary/aromatic N) is 4. The van der Waals surface area contributed by atoms with Crippen molar-refractivity contribution in [2.45, 2.75) is 13.5 Å². The minimum absolute atomic E-state index is 0.0933. The molecule has 0 atom stereocenters. The number of benzene rings is 3. The maximum Gasteiger partial charge on any atom is 0.237 e. The number of rotatable bonds is 4. The molecule has 0 saturated carbocycles. The van der Waals surface area contributed by atoms with Crippen molar-refractivity contribution in [1.29, 1.82) is 5.26 Å². The smallest absolute Gasteiger partial charge is 0.237 e. The molecule has 0 radical (unpaired) electrons. The van der Waals surface area contributed by atoms with Gasteiger partial charge in [0, 0.05) is 23.0 Å². The van der Waals surface area contributed by atoms with Crippen LogP contribution in [0.25, 0.3) is 27.8 Å². The Balaban J connectivity index is 1.70. The Morgan fingerprint density at radius 2 is 1.77 bits per heavy atom. The van der Waals surface area contributed by atoms with E-state index in [1.54, 1.807) is 18.2 Å². The lowest BCUT2D eigenvalue weighted by molar-refractivity contribution is 0.480. The Morgan fingerprint density at radius 3 is 2.58 bits per heavy atom. The molecule has 6 nitrogen and oxygen atoms in total. The third-order valence-corrected chi connectivity index (χ3v) is 5.35. The minimum Gasteiger partial charge on any atom is -0.506 e.